The molecule has 21 heavy (non-hydrogen) atoms. The largest absolute Gasteiger partial charge is 0.398 e. The van der Waals surface area contributed by atoms with E-state index in [4.69, 9.17) is 26.8 Å². The van der Waals surface area contributed by atoms with Crippen molar-refractivity contribution < 1.29 is 17.9 Å². The van der Waals surface area contributed by atoms with Crippen LogP contribution in [0.2, 0.25) is 5.02 Å². The molecule has 0 saturated carbocycles. The molecule has 2 N–H and O–H groups in total. The predicted molar refractivity (Wildman–Crippen MR) is 80.2 cm³/mol. The van der Waals surface area contributed by atoms with E-state index in [2.05, 4.69) is 0 Å². The lowest BCUT2D eigenvalue weighted by atomic mass is 9.93. The first-order valence-corrected chi connectivity index (χ1v) is 8.86. The maximum Gasteiger partial charge on any atom is 0.181 e. The molecule has 7 heteroatoms. The van der Waals surface area contributed by atoms with Crippen molar-refractivity contribution in [2.45, 2.75) is 35.0 Å². The van der Waals surface area contributed by atoms with Crippen molar-refractivity contribution in [3.8, 4) is 0 Å². The Kier molecular flexibility index (Phi) is 3.90. The summed E-state index contributed by atoms with van der Waals surface area (Å²) in [7, 11) is -3.44. The number of ether oxygens (including phenoxy) is 2. The van der Waals surface area contributed by atoms with E-state index in [1.165, 1.54) is 18.2 Å². The lowest BCUT2D eigenvalue weighted by molar-refractivity contribution is -0.0778. The minimum atomic E-state index is -3.44. The summed E-state index contributed by atoms with van der Waals surface area (Å²) in [5.74, 6) is 0. The second-order valence-corrected chi connectivity index (χ2v) is 8.31. The van der Waals surface area contributed by atoms with Crippen LogP contribution in [0.15, 0.2) is 23.1 Å². The van der Waals surface area contributed by atoms with Gasteiger partial charge in [0.25, 0.3) is 0 Å². The predicted octanol–water partition coefficient (Wildman–Crippen LogP) is 2.03. The minimum Gasteiger partial charge on any atom is -0.398 e. The van der Waals surface area contributed by atoms with E-state index in [0.29, 0.717) is 38.3 Å². The maximum absolute atomic E-state index is 12.8. The van der Waals surface area contributed by atoms with Gasteiger partial charge >= 0.3 is 0 Å². The van der Waals surface area contributed by atoms with Gasteiger partial charge in [-0.1, -0.05) is 11.6 Å². The summed E-state index contributed by atoms with van der Waals surface area (Å²) >= 11 is 5.95. The Balaban J connectivity index is 1.88. The molecule has 2 atom stereocenters. The second kappa shape index (κ2) is 5.43. The van der Waals surface area contributed by atoms with Crippen molar-refractivity contribution in [3.05, 3.63) is 23.2 Å². The molecule has 5 nitrogen and oxygen atoms in total. The summed E-state index contributed by atoms with van der Waals surface area (Å²) in [4.78, 5) is 0.225. The number of sulfone groups is 1. The SMILES string of the molecule is Nc1ccc(S(=O)(=O)C2CCOC3(CCOC3)C2)cc1Cl. The van der Waals surface area contributed by atoms with Crippen LogP contribution in [-0.4, -0.2) is 39.1 Å². The second-order valence-electron chi connectivity index (χ2n) is 5.68. The molecule has 2 unspecified atom stereocenters. The Morgan fingerprint density at radius 2 is 2.14 bits per heavy atom. The van der Waals surface area contributed by atoms with E-state index in [-0.39, 0.29) is 9.92 Å². The Morgan fingerprint density at radius 1 is 1.33 bits per heavy atom. The van der Waals surface area contributed by atoms with E-state index < -0.39 is 20.7 Å². The molecule has 3 rings (SSSR count). The van der Waals surface area contributed by atoms with Crippen molar-refractivity contribution >= 4 is 27.1 Å². The number of anilines is 1. The number of nitrogens with two attached hydrogens (primary N) is 1. The first kappa shape index (κ1) is 15.1. The van der Waals surface area contributed by atoms with Gasteiger partial charge < -0.3 is 15.2 Å². The van der Waals surface area contributed by atoms with Gasteiger partial charge in [0.1, 0.15) is 0 Å². The van der Waals surface area contributed by atoms with Crippen LogP contribution >= 0.6 is 11.6 Å². The van der Waals surface area contributed by atoms with Gasteiger partial charge in [0.2, 0.25) is 0 Å². The molecule has 0 radical (unpaired) electrons. The van der Waals surface area contributed by atoms with E-state index in [1.54, 1.807) is 0 Å². The molecule has 2 fully saturated rings. The number of halogens is 1. The van der Waals surface area contributed by atoms with Crippen molar-refractivity contribution in [1.82, 2.24) is 0 Å². The first-order chi connectivity index (χ1) is 9.93. The molecule has 2 heterocycles. The third-order valence-electron chi connectivity index (χ3n) is 4.25. The highest BCUT2D eigenvalue weighted by atomic mass is 35.5. The highest BCUT2D eigenvalue weighted by molar-refractivity contribution is 7.92. The third-order valence-corrected chi connectivity index (χ3v) is 6.77. The highest BCUT2D eigenvalue weighted by Crippen LogP contribution is 2.37. The molecule has 0 aliphatic carbocycles. The van der Waals surface area contributed by atoms with E-state index in [0.717, 1.165) is 6.42 Å². The molecular formula is C14H18ClNO4S. The van der Waals surface area contributed by atoms with Crippen LogP contribution in [-0.2, 0) is 19.3 Å². The molecule has 2 aliphatic rings. The van der Waals surface area contributed by atoms with Gasteiger partial charge in [-0.15, -0.1) is 0 Å². The van der Waals surface area contributed by atoms with Gasteiger partial charge in [0, 0.05) is 19.6 Å². The summed E-state index contributed by atoms with van der Waals surface area (Å²) < 4.78 is 36.8. The molecule has 2 aliphatic heterocycles. The van der Waals surface area contributed by atoms with Gasteiger partial charge in [0.15, 0.2) is 9.84 Å². The molecule has 0 amide bonds. The summed E-state index contributed by atoms with van der Waals surface area (Å²) in [6, 6.07) is 4.48. The van der Waals surface area contributed by atoms with Crippen LogP contribution in [0.4, 0.5) is 5.69 Å². The van der Waals surface area contributed by atoms with Crippen LogP contribution < -0.4 is 5.73 Å². The number of benzene rings is 1. The van der Waals surface area contributed by atoms with E-state index >= 15 is 0 Å². The number of hydrogen-bond donors (Lipinski definition) is 1. The molecule has 1 aromatic carbocycles. The van der Waals surface area contributed by atoms with Crippen molar-refractivity contribution in [1.29, 1.82) is 0 Å². The van der Waals surface area contributed by atoms with Gasteiger partial charge in [-0.05, 0) is 31.0 Å². The van der Waals surface area contributed by atoms with Crippen LogP contribution in [0.3, 0.4) is 0 Å². The zero-order valence-electron chi connectivity index (χ0n) is 11.5. The first-order valence-electron chi connectivity index (χ1n) is 6.94. The topological polar surface area (TPSA) is 78.6 Å². The highest BCUT2D eigenvalue weighted by Gasteiger charge is 2.45. The smallest absolute Gasteiger partial charge is 0.181 e. The minimum absolute atomic E-state index is 0.225. The molecule has 2 saturated heterocycles. The van der Waals surface area contributed by atoms with Crippen LogP contribution in [0, 0.1) is 0 Å². The number of rotatable bonds is 2. The Bertz CT molecular complexity index is 640. The number of hydrogen-bond acceptors (Lipinski definition) is 5. The van der Waals surface area contributed by atoms with Gasteiger partial charge in [-0.2, -0.15) is 0 Å². The molecule has 1 aromatic rings. The molecular weight excluding hydrogens is 314 g/mol. The third kappa shape index (κ3) is 2.77. The normalized spacial score (nSPS) is 29.9. The Morgan fingerprint density at radius 3 is 2.81 bits per heavy atom. The molecule has 116 valence electrons. The van der Waals surface area contributed by atoms with E-state index in [9.17, 15) is 8.42 Å². The fraction of sp³-hybridized carbons (Fsp3) is 0.571. The van der Waals surface area contributed by atoms with Crippen molar-refractivity contribution in [2.75, 3.05) is 25.6 Å². The maximum atomic E-state index is 12.8. The van der Waals surface area contributed by atoms with Gasteiger partial charge in [-0.3, -0.25) is 0 Å². The summed E-state index contributed by atoms with van der Waals surface area (Å²) in [5, 5.41) is -0.199. The molecule has 0 aromatic heterocycles. The quantitative estimate of drug-likeness (QED) is 0.839. The lowest BCUT2D eigenvalue weighted by Crippen LogP contribution is -2.45. The van der Waals surface area contributed by atoms with Crippen LogP contribution in [0.25, 0.3) is 0 Å². The molecule has 0 bridgehead atoms. The van der Waals surface area contributed by atoms with Gasteiger partial charge in [0.05, 0.1) is 33.1 Å². The average molecular weight is 332 g/mol. The Labute approximate surface area is 129 Å². The summed E-state index contributed by atoms with van der Waals surface area (Å²) in [6.45, 7) is 1.54. The van der Waals surface area contributed by atoms with Crippen molar-refractivity contribution in [2.24, 2.45) is 0 Å². The fourth-order valence-electron chi connectivity index (χ4n) is 2.99. The van der Waals surface area contributed by atoms with Crippen LogP contribution in [0.1, 0.15) is 19.3 Å². The van der Waals surface area contributed by atoms with Crippen molar-refractivity contribution in [3.63, 3.8) is 0 Å². The van der Waals surface area contributed by atoms with E-state index in [1.807, 2.05) is 0 Å². The average Bonchev–Trinajstić information content (AvgIpc) is 2.89. The molecule has 1 spiro atoms. The fourth-order valence-corrected chi connectivity index (χ4v) is 5.09. The van der Waals surface area contributed by atoms with Crippen LogP contribution in [0.5, 0.6) is 0 Å². The zero-order chi connectivity index (χ0) is 15.1. The lowest BCUT2D eigenvalue weighted by Gasteiger charge is -2.36. The summed E-state index contributed by atoms with van der Waals surface area (Å²) in [5.41, 5.74) is 5.58. The van der Waals surface area contributed by atoms with Gasteiger partial charge in [-0.25, -0.2) is 8.42 Å². The summed E-state index contributed by atoms with van der Waals surface area (Å²) in [6.07, 6.45) is 1.71. The zero-order valence-corrected chi connectivity index (χ0v) is 13.1. The monoisotopic (exact) mass is 331 g/mol. The standard InChI is InChI=1S/C14H18ClNO4S/c15-12-7-10(1-2-13(12)16)21(17,18)11-3-5-20-14(8-11)4-6-19-9-14/h1-2,7,11H,3-6,8-9,16H2. The Hall–Kier alpha value is -0.820. The number of nitrogen functional groups attached to an aromatic ring is 1.